The fraction of sp³-hybridized carbons (Fsp3) is 0.667. The fourth-order valence-corrected chi connectivity index (χ4v) is 0.822. The van der Waals surface area contributed by atoms with Crippen molar-refractivity contribution in [3.05, 3.63) is 12.7 Å². The van der Waals surface area contributed by atoms with E-state index in [0.29, 0.717) is 5.92 Å². The van der Waals surface area contributed by atoms with E-state index in [9.17, 15) is 0 Å². The molecular weight excluding hydrogens is 88.1 g/mol. The first-order valence-electron chi connectivity index (χ1n) is 2.63. The lowest BCUT2D eigenvalue weighted by Crippen LogP contribution is -2.26. The third kappa shape index (κ3) is 0.829. The highest BCUT2D eigenvalue weighted by atomic mass is 16.3. The molecule has 40 valence electrons. The van der Waals surface area contributed by atoms with Crippen LogP contribution in [0.25, 0.3) is 0 Å². The molecule has 1 aliphatic carbocycles. The monoisotopic (exact) mass is 98.1 g/mol. The van der Waals surface area contributed by atoms with Crippen LogP contribution in [-0.4, -0.2) is 11.2 Å². The zero-order valence-corrected chi connectivity index (χ0v) is 4.30. The second-order valence-corrected chi connectivity index (χ2v) is 2.12. The maximum atomic E-state index is 8.70. The predicted molar refractivity (Wildman–Crippen MR) is 28.9 cm³/mol. The van der Waals surface area contributed by atoms with Crippen LogP contribution in [0.1, 0.15) is 12.8 Å². The molecule has 1 nitrogen and oxygen atoms in total. The number of aliphatic hydroxyl groups is 1. The van der Waals surface area contributed by atoms with Crippen LogP contribution in [0.15, 0.2) is 12.7 Å². The Bertz CT molecular complexity index is 72.2. The van der Waals surface area contributed by atoms with E-state index >= 15 is 0 Å². The van der Waals surface area contributed by atoms with Crippen molar-refractivity contribution in [2.75, 3.05) is 0 Å². The summed E-state index contributed by atoms with van der Waals surface area (Å²) in [6, 6.07) is 0. The summed E-state index contributed by atoms with van der Waals surface area (Å²) in [5.74, 6) is 0.606. The van der Waals surface area contributed by atoms with Gasteiger partial charge in [-0.3, -0.25) is 0 Å². The molecule has 1 saturated carbocycles. The molecule has 0 aliphatic heterocycles. The molecule has 0 bridgehead atoms. The van der Waals surface area contributed by atoms with E-state index in [2.05, 4.69) is 6.58 Å². The number of hydrogen-bond donors (Lipinski definition) is 1. The molecule has 1 fully saturated rings. The maximum Gasteiger partial charge on any atom is 0.0551 e. The zero-order chi connectivity index (χ0) is 5.28. The van der Waals surface area contributed by atoms with Gasteiger partial charge < -0.3 is 5.11 Å². The smallest absolute Gasteiger partial charge is 0.0551 e. The Hall–Kier alpha value is -0.300. The van der Waals surface area contributed by atoms with Gasteiger partial charge >= 0.3 is 0 Å². The SMILES string of the molecule is C=CC1CC(O)C1. The molecule has 0 spiro atoms. The molecule has 1 heteroatoms. The average Bonchev–Trinajstić information content (AvgIpc) is 1.58. The number of rotatable bonds is 1. The summed E-state index contributed by atoms with van der Waals surface area (Å²) < 4.78 is 0. The van der Waals surface area contributed by atoms with Gasteiger partial charge in [0, 0.05) is 0 Å². The maximum absolute atomic E-state index is 8.70. The van der Waals surface area contributed by atoms with E-state index in [1.54, 1.807) is 0 Å². The Morgan fingerprint density at radius 2 is 2.14 bits per heavy atom. The molecular formula is C6H10O. The molecule has 7 heavy (non-hydrogen) atoms. The highest BCUT2D eigenvalue weighted by Gasteiger charge is 2.23. The van der Waals surface area contributed by atoms with E-state index in [1.807, 2.05) is 6.08 Å². The summed E-state index contributed by atoms with van der Waals surface area (Å²) in [6.07, 6.45) is 3.75. The normalized spacial score (nSPS) is 39.6. The van der Waals surface area contributed by atoms with Gasteiger partial charge in [-0.25, -0.2) is 0 Å². The summed E-state index contributed by atoms with van der Waals surface area (Å²) in [6.45, 7) is 3.61. The van der Waals surface area contributed by atoms with Crippen LogP contribution in [0.4, 0.5) is 0 Å². The highest BCUT2D eigenvalue weighted by molar-refractivity contribution is 4.90. The first-order chi connectivity index (χ1) is 3.33. The lowest BCUT2D eigenvalue weighted by molar-refractivity contribution is 0.0630. The number of allylic oxidation sites excluding steroid dienone is 1. The Morgan fingerprint density at radius 1 is 1.57 bits per heavy atom. The van der Waals surface area contributed by atoms with Crippen molar-refractivity contribution in [2.24, 2.45) is 5.92 Å². The first kappa shape index (κ1) is 4.85. The van der Waals surface area contributed by atoms with E-state index in [4.69, 9.17) is 5.11 Å². The third-order valence-corrected chi connectivity index (χ3v) is 1.48. The van der Waals surface area contributed by atoms with Crippen molar-refractivity contribution in [3.8, 4) is 0 Å². The van der Waals surface area contributed by atoms with E-state index in [1.165, 1.54) is 0 Å². The van der Waals surface area contributed by atoms with Gasteiger partial charge in [0.15, 0.2) is 0 Å². The number of aliphatic hydroxyl groups excluding tert-OH is 1. The van der Waals surface area contributed by atoms with Crippen molar-refractivity contribution < 1.29 is 5.11 Å². The standard InChI is InChI=1S/C6H10O/c1-2-5-3-6(7)4-5/h2,5-7H,1,3-4H2. The largest absolute Gasteiger partial charge is 0.393 e. The van der Waals surface area contributed by atoms with E-state index in [-0.39, 0.29) is 6.10 Å². The van der Waals surface area contributed by atoms with Gasteiger partial charge in [-0.05, 0) is 18.8 Å². The van der Waals surface area contributed by atoms with Crippen LogP contribution in [0.2, 0.25) is 0 Å². The van der Waals surface area contributed by atoms with Crippen LogP contribution < -0.4 is 0 Å². The van der Waals surface area contributed by atoms with Crippen molar-refractivity contribution in [1.82, 2.24) is 0 Å². The Labute approximate surface area is 43.7 Å². The van der Waals surface area contributed by atoms with Crippen molar-refractivity contribution >= 4 is 0 Å². The van der Waals surface area contributed by atoms with Gasteiger partial charge in [-0.2, -0.15) is 0 Å². The fourth-order valence-electron chi connectivity index (χ4n) is 0.822. The van der Waals surface area contributed by atoms with Gasteiger partial charge in [0.25, 0.3) is 0 Å². The molecule has 1 aliphatic rings. The Balaban J connectivity index is 2.17. The second-order valence-electron chi connectivity index (χ2n) is 2.12. The molecule has 0 aromatic heterocycles. The van der Waals surface area contributed by atoms with Crippen LogP contribution >= 0.6 is 0 Å². The summed E-state index contributed by atoms with van der Waals surface area (Å²) in [7, 11) is 0. The van der Waals surface area contributed by atoms with Crippen LogP contribution in [0.5, 0.6) is 0 Å². The first-order valence-corrected chi connectivity index (χ1v) is 2.63. The van der Waals surface area contributed by atoms with Crippen LogP contribution in [0.3, 0.4) is 0 Å². The van der Waals surface area contributed by atoms with Gasteiger partial charge in [-0.1, -0.05) is 6.08 Å². The topological polar surface area (TPSA) is 20.2 Å². The minimum atomic E-state index is -0.0250. The van der Waals surface area contributed by atoms with Crippen LogP contribution in [-0.2, 0) is 0 Å². The van der Waals surface area contributed by atoms with E-state index in [0.717, 1.165) is 12.8 Å². The quantitative estimate of drug-likeness (QED) is 0.484. The third-order valence-electron chi connectivity index (χ3n) is 1.48. The predicted octanol–water partition coefficient (Wildman–Crippen LogP) is 0.943. The Kier molecular flexibility index (Phi) is 1.15. The minimum Gasteiger partial charge on any atom is -0.393 e. The molecule has 0 atom stereocenters. The molecule has 1 N–H and O–H groups in total. The zero-order valence-electron chi connectivity index (χ0n) is 4.30. The molecule has 0 saturated heterocycles. The van der Waals surface area contributed by atoms with Gasteiger partial charge in [0.1, 0.15) is 0 Å². The van der Waals surface area contributed by atoms with Crippen molar-refractivity contribution in [1.29, 1.82) is 0 Å². The Morgan fingerprint density at radius 3 is 2.29 bits per heavy atom. The lowest BCUT2D eigenvalue weighted by Gasteiger charge is -2.27. The summed E-state index contributed by atoms with van der Waals surface area (Å²) >= 11 is 0. The lowest BCUT2D eigenvalue weighted by atomic mass is 9.83. The van der Waals surface area contributed by atoms with E-state index < -0.39 is 0 Å². The molecule has 0 radical (unpaired) electrons. The van der Waals surface area contributed by atoms with Gasteiger partial charge in [0.05, 0.1) is 6.10 Å². The molecule has 0 heterocycles. The van der Waals surface area contributed by atoms with Crippen molar-refractivity contribution in [2.45, 2.75) is 18.9 Å². The van der Waals surface area contributed by atoms with Gasteiger partial charge in [0.2, 0.25) is 0 Å². The van der Waals surface area contributed by atoms with Gasteiger partial charge in [-0.15, -0.1) is 6.58 Å². The van der Waals surface area contributed by atoms with Crippen molar-refractivity contribution in [3.63, 3.8) is 0 Å². The molecule has 0 aromatic carbocycles. The number of hydrogen-bond acceptors (Lipinski definition) is 1. The molecule has 1 rings (SSSR count). The average molecular weight is 98.1 g/mol. The second kappa shape index (κ2) is 1.66. The summed E-state index contributed by atoms with van der Waals surface area (Å²) in [5, 5.41) is 8.70. The summed E-state index contributed by atoms with van der Waals surface area (Å²) in [4.78, 5) is 0. The molecule has 0 amide bonds. The molecule has 0 unspecified atom stereocenters. The molecule has 0 aromatic rings. The minimum absolute atomic E-state index is 0.0250. The van der Waals surface area contributed by atoms with Crippen LogP contribution in [0, 0.1) is 5.92 Å². The highest BCUT2D eigenvalue weighted by Crippen LogP contribution is 2.27. The summed E-state index contributed by atoms with van der Waals surface area (Å²) in [5.41, 5.74) is 0.